The van der Waals surface area contributed by atoms with Crippen LogP contribution in [0.2, 0.25) is 0 Å². The third-order valence-corrected chi connectivity index (χ3v) is 1.71. The molecular formula is C8H12N2O. The first-order valence-electron chi connectivity index (χ1n) is 3.61. The number of hydrogen-bond donors (Lipinski definition) is 1. The van der Waals surface area contributed by atoms with Crippen LogP contribution in [0.3, 0.4) is 0 Å². The fraction of sp³-hybridized carbons (Fsp3) is 0.500. The van der Waals surface area contributed by atoms with E-state index in [0.29, 0.717) is 6.42 Å². The van der Waals surface area contributed by atoms with E-state index in [1.165, 1.54) is 0 Å². The van der Waals surface area contributed by atoms with Gasteiger partial charge in [0.05, 0.1) is 5.69 Å². The first kappa shape index (κ1) is 7.98. The SMILES string of the molecule is CC(=O)Cc1c(C)n[nH]c1C. The molecule has 0 fully saturated rings. The predicted octanol–water partition coefficient (Wildman–Crippen LogP) is 1.16. The second-order valence-corrected chi connectivity index (χ2v) is 2.79. The molecule has 1 aromatic heterocycles. The van der Waals surface area contributed by atoms with E-state index in [9.17, 15) is 4.79 Å². The van der Waals surface area contributed by atoms with Gasteiger partial charge in [-0.25, -0.2) is 0 Å². The Balaban J connectivity index is 2.92. The predicted molar refractivity (Wildman–Crippen MR) is 42.4 cm³/mol. The molecule has 0 spiro atoms. The largest absolute Gasteiger partial charge is 0.300 e. The first-order chi connectivity index (χ1) is 5.11. The van der Waals surface area contributed by atoms with Gasteiger partial charge in [0.1, 0.15) is 5.78 Å². The molecule has 0 bridgehead atoms. The van der Waals surface area contributed by atoms with Crippen molar-refractivity contribution in [3.05, 3.63) is 17.0 Å². The summed E-state index contributed by atoms with van der Waals surface area (Å²) < 4.78 is 0. The van der Waals surface area contributed by atoms with Crippen LogP contribution in [-0.4, -0.2) is 16.0 Å². The Morgan fingerprint density at radius 3 is 2.55 bits per heavy atom. The molecule has 11 heavy (non-hydrogen) atoms. The molecule has 3 heteroatoms. The van der Waals surface area contributed by atoms with E-state index >= 15 is 0 Å². The highest BCUT2D eigenvalue weighted by atomic mass is 16.1. The van der Waals surface area contributed by atoms with Crippen LogP contribution in [0, 0.1) is 13.8 Å². The highest BCUT2D eigenvalue weighted by Gasteiger charge is 2.07. The minimum Gasteiger partial charge on any atom is -0.300 e. The van der Waals surface area contributed by atoms with Crippen LogP contribution in [-0.2, 0) is 11.2 Å². The summed E-state index contributed by atoms with van der Waals surface area (Å²) in [4.78, 5) is 10.8. The van der Waals surface area contributed by atoms with Crippen LogP contribution in [0.25, 0.3) is 0 Å². The molecule has 0 aliphatic carbocycles. The molecule has 1 aromatic rings. The normalized spacial score (nSPS) is 10.1. The second kappa shape index (κ2) is 2.86. The molecule has 0 atom stereocenters. The molecule has 0 saturated heterocycles. The molecule has 0 aliphatic heterocycles. The Morgan fingerprint density at radius 1 is 1.55 bits per heavy atom. The average molecular weight is 152 g/mol. The molecule has 3 nitrogen and oxygen atoms in total. The van der Waals surface area contributed by atoms with Crippen LogP contribution in [0.15, 0.2) is 0 Å². The van der Waals surface area contributed by atoms with E-state index in [0.717, 1.165) is 17.0 Å². The van der Waals surface area contributed by atoms with Crippen molar-refractivity contribution in [2.45, 2.75) is 27.2 Å². The number of carbonyl (C=O) groups is 1. The summed E-state index contributed by atoms with van der Waals surface area (Å²) in [7, 11) is 0. The van der Waals surface area contributed by atoms with Gasteiger partial charge in [0.15, 0.2) is 0 Å². The Labute approximate surface area is 65.8 Å². The van der Waals surface area contributed by atoms with Crippen molar-refractivity contribution in [3.63, 3.8) is 0 Å². The van der Waals surface area contributed by atoms with E-state index in [4.69, 9.17) is 0 Å². The van der Waals surface area contributed by atoms with Gasteiger partial charge in [-0.1, -0.05) is 0 Å². The minimum absolute atomic E-state index is 0.178. The van der Waals surface area contributed by atoms with Crippen molar-refractivity contribution in [1.82, 2.24) is 10.2 Å². The fourth-order valence-corrected chi connectivity index (χ4v) is 1.08. The number of H-pyrrole nitrogens is 1. The summed E-state index contributed by atoms with van der Waals surface area (Å²) in [6, 6.07) is 0. The number of nitrogens with one attached hydrogen (secondary N) is 1. The summed E-state index contributed by atoms with van der Waals surface area (Å²) in [5.74, 6) is 0.178. The summed E-state index contributed by atoms with van der Waals surface area (Å²) >= 11 is 0. The Kier molecular flexibility index (Phi) is 2.08. The second-order valence-electron chi connectivity index (χ2n) is 2.79. The molecule has 0 radical (unpaired) electrons. The summed E-state index contributed by atoms with van der Waals surface area (Å²) in [6.45, 7) is 5.42. The smallest absolute Gasteiger partial charge is 0.134 e. The molecular weight excluding hydrogens is 140 g/mol. The summed E-state index contributed by atoms with van der Waals surface area (Å²) in [5.41, 5.74) is 2.97. The van der Waals surface area contributed by atoms with Crippen LogP contribution in [0.4, 0.5) is 0 Å². The molecule has 0 aliphatic rings. The molecule has 0 unspecified atom stereocenters. The standard InChI is InChI=1S/C8H12N2O/c1-5(11)4-8-6(2)9-10-7(8)3/h4H2,1-3H3,(H,9,10). The number of ketones is 1. The molecule has 60 valence electrons. The average Bonchev–Trinajstić information content (AvgIpc) is 2.18. The Morgan fingerprint density at radius 2 is 2.18 bits per heavy atom. The maximum absolute atomic E-state index is 10.8. The van der Waals surface area contributed by atoms with Crippen molar-refractivity contribution in [2.75, 3.05) is 0 Å². The number of carbonyl (C=O) groups excluding carboxylic acids is 1. The fourth-order valence-electron chi connectivity index (χ4n) is 1.08. The molecule has 1 N–H and O–H groups in total. The van der Waals surface area contributed by atoms with Crippen LogP contribution in [0.1, 0.15) is 23.9 Å². The van der Waals surface area contributed by atoms with E-state index < -0.39 is 0 Å². The van der Waals surface area contributed by atoms with Gasteiger partial charge in [0.25, 0.3) is 0 Å². The van der Waals surface area contributed by atoms with E-state index in [-0.39, 0.29) is 5.78 Å². The maximum atomic E-state index is 10.8. The monoisotopic (exact) mass is 152 g/mol. The van der Waals surface area contributed by atoms with Crippen molar-refractivity contribution >= 4 is 5.78 Å². The lowest BCUT2D eigenvalue weighted by Crippen LogP contribution is -1.98. The number of aromatic amines is 1. The topological polar surface area (TPSA) is 45.8 Å². The number of rotatable bonds is 2. The third-order valence-electron chi connectivity index (χ3n) is 1.71. The van der Waals surface area contributed by atoms with Gasteiger partial charge in [-0.05, 0) is 20.8 Å². The number of Topliss-reactive ketones (excluding diaryl/α,β-unsaturated/α-hetero) is 1. The Bertz CT molecular complexity index is 256. The zero-order valence-corrected chi connectivity index (χ0v) is 7.06. The number of aryl methyl sites for hydroxylation is 2. The molecule has 0 saturated carbocycles. The highest BCUT2D eigenvalue weighted by Crippen LogP contribution is 2.09. The van der Waals surface area contributed by atoms with Gasteiger partial charge in [0, 0.05) is 17.7 Å². The van der Waals surface area contributed by atoms with Crippen molar-refractivity contribution in [2.24, 2.45) is 0 Å². The third kappa shape index (κ3) is 1.67. The minimum atomic E-state index is 0.178. The lowest BCUT2D eigenvalue weighted by atomic mass is 10.1. The lowest BCUT2D eigenvalue weighted by molar-refractivity contribution is -0.116. The van der Waals surface area contributed by atoms with Gasteiger partial charge in [0.2, 0.25) is 0 Å². The Hall–Kier alpha value is -1.12. The number of nitrogens with zero attached hydrogens (tertiary/aromatic N) is 1. The van der Waals surface area contributed by atoms with Gasteiger partial charge >= 0.3 is 0 Å². The highest BCUT2D eigenvalue weighted by molar-refractivity contribution is 5.78. The maximum Gasteiger partial charge on any atom is 0.134 e. The number of hydrogen-bond acceptors (Lipinski definition) is 2. The quantitative estimate of drug-likeness (QED) is 0.691. The molecule has 1 heterocycles. The molecule has 0 aromatic carbocycles. The van der Waals surface area contributed by atoms with E-state index in [1.54, 1.807) is 6.92 Å². The van der Waals surface area contributed by atoms with Gasteiger partial charge in [-0.3, -0.25) is 9.89 Å². The van der Waals surface area contributed by atoms with E-state index in [1.807, 2.05) is 13.8 Å². The van der Waals surface area contributed by atoms with Gasteiger partial charge in [-0.2, -0.15) is 5.10 Å². The first-order valence-corrected chi connectivity index (χ1v) is 3.61. The summed E-state index contributed by atoms with van der Waals surface area (Å²) in [5, 5.41) is 6.83. The van der Waals surface area contributed by atoms with Gasteiger partial charge < -0.3 is 0 Å². The van der Waals surface area contributed by atoms with Crippen molar-refractivity contribution in [1.29, 1.82) is 0 Å². The lowest BCUT2D eigenvalue weighted by Gasteiger charge is -1.94. The van der Waals surface area contributed by atoms with Crippen LogP contribution >= 0.6 is 0 Å². The summed E-state index contributed by atoms with van der Waals surface area (Å²) in [6.07, 6.45) is 0.494. The van der Waals surface area contributed by atoms with Gasteiger partial charge in [-0.15, -0.1) is 0 Å². The van der Waals surface area contributed by atoms with E-state index in [2.05, 4.69) is 10.2 Å². The van der Waals surface area contributed by atoms with Crippen molar-refractivity contribution in [3.8, 4) is 0 Å². The zero-order chi connectivity index (χ0) is 8.43. The van der Waals surface area contributed by atoms with Crippen LogP contribution < -0.4 is 0 Å². The zero-order valence-electron chi connectivity index (χ0n) is 7.06. The van der Waals surface area contributed by atoms with Crippen LogP contribution in [0.5, 0.6) is 0 Å². The number of aromatic nitrogens is 2. The molecule has 0 amide bonds. The molecule has 1 rings (SSSR count). The van der Waals surface area contributed by atoms with Crippen molar-refractivity contribution < 1.29 is 4.79 Å².